The van der Waals surface area contributed by atoms with E-state index < -0.39 is 24.1 Å². The van der Waals surface area contributed by atoms with Gasteiger partial charge >= 0.3 is 6.36 Å². The van der Waals surface area contributed by atoms with E-state index in [1.165, 1.54) is 19.2 Å². The average molecular weight is 446 g/mol. The zero-order valence-electron chi connectivity index (χ0n) is 17.3. The zero-order chi connectivity index (χ0) is 23.1. The SMILES string of the molecule is COc1cc(C(C)NC(=O)c2ccc(OC(F)(F)F)cc2)ccc1OCc1ccncc1. The molecule has 1 amide bonds. The molecule has 1 aromatic heterocycles. The van der Waals surface area contributed by atoms with Crippen LogP contribution in [-0.2, 0) is 6.61 Å². The molecule has 1 atom stereocenters. The highest BCUT2D eigenvalue weighted by Gasteiger charge is 2.31. The van der Waals surface area contributed by atoms with Gasteiger partial charge in [0.25, 0.3) is 5.91 Å². The van der Waals surface area contributed by atoms with Crippen molar-refractivity contribution in [2.45, 2.75) is 25.9 Å². The summed E-state index contributed by atoms with van der Waals surface area (Å²) in [5, 5.41) is 2.80. The predicted molar refractivity (Wildman–Crippen MR) is 111 cm³/mol. The molecule has 0 aliphatic carbocycles. The molecule has 1 heterocycles. The monoisotopic (exact) mass is 446 g/mol. The molecule has 0 radical (unpaired) electrons. The van der Waals surface area contributed by atoms with E-state index in [1.807, 2.05) is 12.1 Å². The van der Waals surface area contributed by atoms with Crippen molar-refractivity contribution in [3.8, 4) is 17.2 Å². The summed E-state index contributed by atoms with van der Waals surface area (Å²) in [6.45, 7) is 2.13. The van der Waals surface area contributed by atoms with Crippen molar-refractivity contribution in [2.24, 2.45) is 0 Å². The maximum atomic E-state index is 12.5. The number of methoxy groups -OCH3 is 1. The summed E-state index contributed by atoms with van der Waals surface area (Å²) in [6, 6.07) is 13.3. The third-order valence-electron chi connectivity index (χ3n) is 4.53. The van der Waals surface area contributed by atoms with Crippen LogP contribution in [0.5, 0.6) is 17.2 Å². The fourth-order valence-electron chi connectivity index (χ4n) is 2.88. The average Bonchev–Trinajstić information content (AvgIpc) is 2.77. The van der Waals surface area contributed by atoms with Crippen LogP contribution in [0.1, 0.15) is 34.5 Å². The quantitative estimate of drug-likeness (QED) is 0.524. The number of nitrogens with zero attached hydrogens (tertiary/aromatic N) is 1. The number of benzene rings is 2. The van der Waals surface area contributed by atoms with Gasteiger partial charge in [-0.2, -0.15) is 0 Å². The van der Waals surface area contributed by atoms with E-state index >= 15 is 0 Å². The van der Waals surface area contributed by atoms with Crippen LogP contribution >= 0.6 is 0 Å². The first-order valence-electron chi connectivity index (χ1n) is 9.61. The summed E-state index contributed by atoms with van der Waals surface area (Å²) in [4.78, 5) is 16.4. The van der Waals surface area contributed by atoms with Crippen LogP contribution in [0.3, 0.4) is 0 Å². The van der Waals surface area contributed by atoms with Gasteiger partial charge < -0.3 is 19.5 Å². The number of pyridine rings is 1. The maximum Gasteiger partial charge on any atom is 0.573 e. The van der Waals surface area contributed by atoms with Gasteiger partial charge in [0.1, 0.15) is 12.4 Å². The highest BCUT2D eigenvalue weighted by atomic mass is 19.4. The summed E-state index contributed by atoms with van der Waals surface area (Å²) in [5.74, 6) is 0.223. The number of hydrogen-bond acceptors (Lipinski definition) is 5. The summed E-state index contributed by atoms with van der Waals surface area (Å²) in [6.07, 6.45) is -1.42. The third-order valence-corrected chi connectivity index (χ3v) is 4.53. The molecule has 0 bridgehead atoms. The van der Waals surface area contributed by atoms with Crippen LogP contribution in [0, 0.1) is 0 Å². The Balaban J connectivity index is 1.64. The Morgan fingerprint density at radius 3 is 2.34 bits per heavy atom. The van der Waals surface area contributed by atoms with E-state index in [-0.39, 0.29) is 5.56 Å². The minimum Gasteiger partial charge on any atom is -0.493 e. The van der Waals surface area contributed by atoms with Crippen molar-refractivity contribution in [2.75, 3.05) is 7.11 Å². The Labute approximate surface area is 183 Å². The molecule has 3 aromatic rings. The van der Waals surface area contributed by atoms with Crippen molar-refractivity contribution in [3.05, 3.63) is 83.7 Å². The molecule has 3 rings (SSSR count). The Bertz CT molecular complexity index is 1040. The molecular weight excluding hydrogens is 425 g/mol. The van der Waals surface area contributed by atoms with Gasteiger partial charge in [-0.3, -0.25) is 9.78 Å². The molecule has 0 saturated heterocycles. The van der Waals surface area contributed by atoms with E-state index in [0.29, 0.717) is 18.1 Å². The van der Waals surface area contributed by atoms with Crippen molar-refractivity contribution in [1.82, 2.24) is 10.3 Å². The molecule has 0 aliphatic rings. The number of rotatable bonds is 8. The number of ether oxygens (including phenoxy) is 3. The van der Waals surface area contributed by atoms with Crippen molar-refractivity contribution < 1.29 is 32.2 Å². The molecular formula is C23H21F3N2O4. The van der Waals surface area contributed by atoms with Gasteiger partial charge in [-0.15, -0.1) is 13.2 Å². The molecule has 32 heavy (non-hydrogen) atoms. The second-order valence-electron chi connectivity index (χ2n) is 6.82. The summed E-state index contributed by atoms with van der Waals surface area (Å²) < 4.78 is 51.8. The second kappa shape index (κ2) is 10.0. The molecule has 0 spiro atoms. The van der Waals surface area contributed by atoms with Gasteiger partial charge in [-0.1, -0.05) is 6.07 Å². The maximum absolute atomic E-state index is 12.5. The van der Waals surface area contributed by atoms with Crippen molar-refractivity contribution in [3.63, 3.8) is 0 Å². The number of carbonyl (C=O) groups excluding carboxylic acids is 1. The standard InChI is InChI=1S/C23H21F3N2O4/c1-15(28-22(29)17-3-6-19(7-4-17)32-23(24,25)26)18-5-8-20(21(13-18)30-2)31-14-16-9-11-27-12-10-16/h3-13,15H,14H2,1-2H3,(H,28,29). The Kier molecular flexibility index (Phi) is 7.19. The van der Waals surface area contributed by atoms with Crippen molar-refractivity contribution in [1.29, 1.82) is 0 Å². The van der Waals surface area contributed by atoms with Crippen LogP contribution in [0.2, 0.25) is 0 Å². The van der Waals surface area contributed by atoms with E-state index in [9.17, 15) is 18.0 Å². The minimum atomic E-state index is -4.79. The first-order valence-corrected chi connectivity index (χ1v) is 9.61. The van der Waals surface area contributed by atoms with Crippen LogP contribution in [-0.4, -0.2) is 24.4 Å². The number of amides is 1. The number of alkyl halides is 3. The van der Waals surface area contributed by atoms with Gasteiger partial charge in [-0.25, -0.2) is 0 Å². The summed E-state index contributed by atoms with van der Waals surface area (Å²) >= 11 is 0. The van der Waals surface area contributed by atoms with E-state index in [1.54, 1.807) is 37.5 Å². The van der Waals surface area contributed by atoms with Crippen LogP contribution < -0.4 is 19.5 Å². The van der Waals surface area contributed by atoms with E-state index in [4.69, 9.17) is 9.47 Å². The third kappa shape index (κ3) is 6.37. The number of aromatic nitrogens is 1. The molecule has 168 valence electrons. The molecule has 9 heteroatoms. The summed E-state index contributed by atoms with van der Waals surface area (Å²) in [7, 11) is 1.52. The fourth-order valence-corrected chi connectivity index (χ4v) is 2.88. The lowest BCUT2D eigenvalue weighted by Gasteiger charge is -2.17. The first-order chi connectivity index (χ1) is 15.2. The topological polar surface area (TPSA) is 69.7 Å². The van der Waals surface area contributed by atoms with Crippen LogP contribution in [0.15, 0.2) is 67.0 Å². The number of nitrogens with one attached hydrogen (secondary N) is 1. The smallest absolute Gasteiger partial charge is 0.493 e. The Hall–Kier alpha value is -3.75. The lowest BCUT2D eigenvalue weighted by Crippen LogP contribution is -2.26. The largest absolute Gasteiger partial charge is 0.573 e. The van der Waals surface area contributed by atoms with Crippen LogP contribution in [0.4, 0.5) is 13.2 Å². The summed E-state index contributed by atoms with van der Waals surface area (Å²) in [5.41, 5.74) is 1.93. The molecule has 6 nitrogen and oxygen atoms in total. The highest BCUT2D eigenvalue weighted by molar-refractivity contribution is 5.94. The molecule has 1 N–H and O–H groups in total. The van der Waals surface area contributed by atoms with Gasteiger partial charge in [-0.05, 0) is 66.6 Å². The molecule has 2 aromatic carbocycles. The Morgan fingerprint density at radius 2 is 1.72 bits per heavy atom. The fraction of sp³-hybridized carbons (Fsp3) is 0.217. The first kappa shape index (κ1) is 22.9. The van der Waals surface area contributed by atoms with Gasteiger partial charge in [0.15, 0.2) is 11.5 Å². The molecule has 0 fully saturated rings. The second-order valence-corrected chi connectivity index (χ2v) is 6.82. The number of hydrogen-bond donors (Lipinski definition) is 1. The number of halogens is 3. The van der Waals surface area contributed by atoms with Gasteiger partial charge in [0, 0.05) is 18.0 Å². The van der Waals surface area contributed by atoms with E-state index in [2.05, 4.69) is 15.0 Å². The van der Waals surface area contributed by atoms with Crippen molar-refractivity contribution >= 4 is 5.91 Å². The van der Waals surface area contributed by atoms with Gasteiger partial charge in [0.2, 0.25) is 0 Å². The van der Waals surface area contributed by atoms with E-state index in [0.717, 1.165) is 23.3 Å². The normalized spacial score (nSPS) is 12.0. The molecule has 0 saturated carbocycles. The minimum absolute atomic E-state index is 0.204. The predicted octanol–water partition coefficient (Wildman–Crippen LogP) is 5.06. The molecule has 0 aliphatic heterocycles. The van der Waals surface area contributed by atoms with Crippen LogP contribution in [0.25, 0.3) is 0 Å². The lowest BCUT2D eigenvalue weighted by molar-refractivity contribution is -0.274. The molecule has 1 unspecified atom stereocenters. The Morgan fingerprint density at radius 1 is 1.03 bits per heavy atom. The van der Waals surface area contributed by atoms with Gasteiger partial charge in [0.05, 0.1) is 13.2 Å². The number of carbonyl (C=O) groups is 1. The zero-order valence-corrected chi connectivity index (χ0v) is 17.3. The lowest BCUT2D eigenvalue weighted by atomic mass is 10.1. The highest BCUT2D eigenvalue weighted by Crippen LogP contribution is 2.31.